The van der Waals surface area contributed by atoms with Crippen molar-refractivity contribution in [3.63, 3.8) is 0 Å². The number of methoxy groups -OCH3 is 1. The Kier molecular flexibility index (Phi) is 6.29. The maximum absolute atomic E-state index is 11.4. The topological polar surface area (TPSA) is 101 Å². The van der Waals surface area contributed by atoms with E-state index in [-0.39, 0.29) is 12.4 Å². The van der Waals surface area contributed by atoms with Crippen LogP contribution in [0.1, 0.15) is 10.6 Å². The van der Waals surface area contributed by atoms with Crippen LogP contribution < -0.4 is 20.1 Å². The number of carbonyl (C=O) groups excluding carboxylic acids is 1. The number of primary amides is 1. The Hall–Kier alpha value is -3.23. The molecule has 1 amide bonds. The molecule has 1 aliphatic rings. The van der Waals surface area contributed by atoms with Gasteiger partial charge in [0.15, 0.2) is 17.1 Å². The maximum atomic E-state index is 11.4. The fraction of sp³-hybridized carbons (Fsp3) is 0.348. The summed E-state index contributed by atoms with van der Waals surface area (Å²) in [5.41, 5.74) is 6.83. The van der Waals surface area contributed by atoms with Gasteiger partial charge in [0.25, 0.3) is 5.91 Å². The molecule has 4 rings (SSSR count). The van der Waals surface area contributed by atoms with Crippen molar-refractivity contribution in [2.45, 2.75) is 6.10 Å². The van der Waals surface area contributed by atoms with Gasteiger partial charge in [-0.3, -0.25) is 9.69 Å². The third kappa shape index (κ3) is 4.76. The molecule has 8 heteroatoms. The van der Waals surface area contributed by atoms with Crippen LogP contribution in [0.3, 0.4) is 0 Å². The van der Waals surface area contributed by atoms with Gasteiger partial charge in [-0.2, -0.15) is 0 Å². The van der Waals surface area contributed by atoms with Crippen LogP contribution in [0.4, 0.5) is 5.69 Å². The number of para-hydroxylation sites is 3. The van der Waals surface area contributed by atoms with Crippen LogP contribution in [0.15, 0.2) is 52.9 Å². The second-order valence-corrected chi connectivity index (χ2v) is 7.57. The number of ether oxygens (including phenoxy) is 2. The van der Waals surface area contributed by atoms with Crippen LogP contribution in [-0.2, 0) is 0 Å². The molecule has 1 saturated heterocycles. The SMILES string of the molecule is COc1ccccc1N1CCN(CC(O)COc2cccc3cc(C(N)=O)oc23)CC1. The summed E-state index contributed by atoms with van der Waals surface area (Å²) in [6.45, 7) is 4.03. The van der Waals surface area contributed by atoms with Crippen LogP contribution in [0, 0.1) is 0 Å². The van der Waals surface area contributed by atoms with Crippen molar-refractivity contribution in [3.05, 3.63) is 54.3 Å². The largest absolute Gasteiger partial charge is 0.495 e. The number of furan rings is 1. The van der Waals surface area contributed by atoms with Crippen molar-refractivity contribution in [1.82, 2.24) is 4.90 Å². The summed E-state index contributed by atoms with van der Waals surface area (Å²) in [5, 5.41) is 11.2. The van der Waals surface area contributed by atoms with E-state index in [1.54, 1.807) is 25.3 Å². The van der Waals surface area contributed by atoms with E-state index >= 15 is 0 Å². The van der Waals surface area contributed by atoms with E-state index in [9.17, 15) is 9.90 Å². The average Bonchev–Trinajstić information content (AvgIpc) is 3.24. The Morgan fingerprint density at radius 2 is 1.87 bits per heavy atom. The summed E-state index contributed by atoms with van der Waals surface area (Å²) in [6, 6.07) is 15.0. The molecule has 3 N–H and O–H groups in total. The third-order valence-electron chi connectivity index (χ3n) is 5.45. The molecule has 0 saturated carbocycles. The van der Waals surface area contributed by atoms with Crippen molar-refractivity contribution in [2.24, 2.45) is 5.73 Å². The van der Waals surface area contributed by atoms with E-state index in [4.69, 9.17) is 19.6 Å². The lowest BCUT2D eigenvalue weighted by atomic mass is 10.2. The van der Waals surface area contributed by atoms with Crippen LogP contribution >= 0.6 is 0 Å². The fourth-order valence-electron chi connectivity index (χ4n) is 3.87. The van der Waals surface area contributed by atoms with E-state index in [0.29, 0.717) is 17.9 Å². The monoisotopic (exact) mass is 425 g/mol. The van der Waals surface area contributed by atoms with Crippen LogP contribution in [0.2, 0.25) is 0 Å². The molecule has 2 heterocycles. The fourth-order valence-corrected chi connectivity index (χ4v) is 3.87. The van der Waals surface area contributed by atoms with Crippen molar-refractivity contribution < 1.29 is 23.8 Å². The van der Waals surface area contributed by atoms with E-state index in [1.165, 1.54) is 0 Å². The molecule has 0 bridgehead atoms. The van der Waals surface area contributed by atoms with Gasteiger partial charge >= 0.3 is 0 Å². The number of piperazine rings is 1. The highest BCUT2D eigenvalue weighted by Crippen LogP contribution is 2.29. The molecule has 0 radical (unpaired) electrons. The predicted molar refractivity (Wildman–Crippen MR) is 118 cm³/mol. The number of benzene rings is 2. The highest BCUT2D eigenvalue weighted by molar-refractivity contribution is 5.96. The molecule has 1 aromatic heterocycles. The van der Waals surface area contributed by atoms with Crippen molar-refractivity contribution in [2.75, 3.05) is 51.3 Å². The molecule has 8 nitrogen and oxygen atoms in total. The van der Waals surface area contributed by atoms with Crippen LogP contribution in [0.25, 0.3) is 11.0 Å². The molecule has 0 spiro atoms. The van der Waals surface area contributed by atoms with Crippen molar-refractivity contribution in [3.8, 4) is 11.5 Å². The normalized spacial score (nSPS) is 15.7. The Labute approximate surface area is 180 Å². The molecule has 1 aliphatic heterocycles. The number of aliphatic hydroxyl groups excluding tert-OH is 1. The van der Waals surface area contributed by atoms with Gasteiger partial charge < -0.3 is 29.6 Å². The summed E-state index contributed by atoms with van der Waals surface area (Å²) in [7, 11) is 1.68. The first-order chi connectivity index (χ1) is 15.0. The number of hydrogen-bond acceptors (Lipinski definition) is 7. The second kappa shape index (κ2) is 9.28. The smallest absolute Gasteiger partial charge is 0.284 e. The summed E-state index contributed by atoms with van der Waals surface area (Å²) in [6.07, 6.45) is -0.654. The van der Waals surface area contributed by atoms with E-state index < -0.39 is 12.0 Å². The van der Waals surface area contributed by atoms with Gasteiger partial charge in [-0.25, -0.2) is 0 Å². The highest BCUT2D eigenvalue weighted by atomic mass is 16.5. The van der Waals surface area contributed by atoms with Crippen LogP contribution in [0.5, 0.6) is 11.5 Å². The number of nitrogens with two attached hydrogens (primary N) is 1. The van der Waals surface area contributed by atoms with Gasteiger partial charge in [0.1, 0.15) is 18.5 Å². The summed E-state index contributed by atoms with van der Waals surface area (Å²) in [4.78, 5) is 15.9. The Bertz CT molecular complexity index is 1040. The van der Waals surface area contributed by atoms with Crippen LogP contribution in [-0.4, -0.2) is 68.5 Å². The summed E-state index contributed by atoms with van der Waals surface area (Å²) in [5.74, 6) is 0.801. The van der Waals surface area contributed by atoms with Gasteiger partial charge in [-0.15, -0.1) is 0 Å². The number of amides is 1. The maximum Gasteiger partial charge on any atom is 0.284 e. The molecule has 1 unspecified atom stereocenters. The molecular weight excluding hydrogens is 398 g/mol. The minimum atomic E-state index is -0.654. The zero-order valence-electron chi connectivity index (χ0n) is 17.5. The molecule has 164 valence electrons. The Morgan fingerprint density at radius 3 is 2.61 bits per heavy atom. The third-order valence-corrected chi connectivity index (χ3v) is 5.45. The number of anilines is 1. The quantitative estimate of drug-likeness (QED) is 0.570. The number of nitrogens with zero attached hydrogens (tertiary/aromatic N) is 2. The van der Waals surface area contributed by atoms with E-state index in [1.807, 2.05) is 24.3 Å². The minimum Gasteiger partial charge on any atom is -0.495 e. The number of hydrogen-bond donors (Lipinski definition) is 2. The molecule has 1 atom stereocenters. The second-order valence-electron chi connectivity index (χ2n) is 7.57. The Balaban J connectivity index is 1.30. The number of rotatable bonds is 8. The number of β-amino-alcohol motifs (C(OH)–C–C–N with tert-alkyl or cyclic N) is 1. The lowest BCUT2D eigenvalue weighted by molar-refractivity contribution is 0.0664. The minimum absolute atomic E-state index is 0.0829. The number of carbonyl (C=O) groups is 1. The first-order valence-electron chi connectivity index (χ1n) is 10.3. The zero-order chi connectivity index (χ0) is 21.8. The number of aliphatic hydroxyl groups is 1. The van der Waals surface area contributed by atoms with Gasteiger partial charge in [0, 0.05) is 38.1 Å². The Morgan fingerprint density at radius 1 is 1.13 bits per heavy atom. The average molecular weight is 425 g/mol. The zero-order valence-corrected chi connectivity index (χ0v) is 17.5. The number of fused-ring (bicyclic) bond motifs is 1. The first-order valence-corrected chi connectivity index (χ1v) is 10.3. The lowest BCUT2D eigenvalue weighted by Crippen LogP contribution is -2.49. The molecule has 0 aliphatic carbocycles. The lowest BCUT2D eigenvalue weighted by Gasteiger charge is -2.37. The van der Waals surface area contributed by atoms with Gasteiger partial charge in [-0.1, -0.05) is 24.3 Å². The summed E-state index contributed by atoms with van der Waals surface area (Å²) < 4.78 is 16.8. The van der Waals surface area contributed by atoms with Gasteiger partial charge in [0.2, 0.25) is 0 Å². The molecule has 1 fully saturated rings. The summed E-state index contributed by atoms with van der Waals surface area (Å²) >= 11 is 0. The van der Waals surface area contributed by atoms with E-state index in [0.717, 1.165) is 43.0 Å². The highest BCUT2D eigenvalue weighted by Gasteiger charge is 2.22. The molecule has 2 aromatic carbocycles. The molecule has 31 heavy (non-hydrogen) atoms. The van der Waals surface area contributed by atoms with Crippen molar-refractivity contribution in [1.29, 1.82) is 0 Å². The van der Waals surface area contributed by atoms with E-state index in [2.05, 4.69) is 15.9 Å². The molecular formula is C23H27N3O5. The van der Waals surface area contributed by atoms with Gasteiger partial charge in [0.05, 0.1) is 12.8 Å². The van der Waals surface area contributed by atoms with Gasteiger partial charge in [-0.05, 0) is 24.3 Å². The first kappa shape index (κ1) is 21.0. The van der Waals surface area contributed by atoms with Crippen molar-refractivity contribution >= 4 is 22.6 Å². The molecule has 3 aromatic rings. The predicted octanol–water partition coefficient (Wildman–Crippen LogP) is 2.10. The standard InChI is InChI=1S/C23H27N3O5/c1-29-19-7-3-2-6-18(19)26-11-9-25(10-12-26)14-17(27)15-30-20-8-4-5-16-13-21(23(24)28)31-22(16)20/h2-8,13,17,27H,9-12,14-15H2,1H3,(H2,24,28).